The first-order valence-electron chi connectivity index (χ1n) is 7.11. The smallest absolute Gasteiger partial charge is 0.144 e. The van der Waals surface area contributed by atoms with Crippen molar-refractivity contribution in [3.8, 4) is 5.75 Å². The standard InChI is InChI=1S/C17H21BrN2O/c1-4-12-10-13(18)8-9-14(12)20-15-6-5-7-16(17(15)19)21-11(2)3/h5-11,20H,4,19H2,1-3H3. The van der Waals surface area contributed by atoms with Crippen molar-refractivity contribution < 1.29 is 4.74 Å². The number of ether oxygens (including phenoxy) is 1. The van der Waals surface area contributed by atoms with Gasteiger partial charge in [-0.25, -0.2) is 0 Å². The van der Waals surface area contributed by atoms with Crippen LogP contribution in [0.1, 0.15) is 26.3 Å². The summed E-state index contributed by atoms with van der Waals surface area (Å²) in [7, 11) is 0. The van der Waals surface area contributed by atoms with Crippen LogP contribution in [0.3, 0.4) is 0 Å². The first-order valence-corrected chi connectivity index (χ1v) is 7.91. The van der Waals surface area contributed by atoms with Crippen molar-refractivity contribution in [2.24, 2.45) is 0 Å². The lowest BCUT2D eigenvalue weighted by molar-refractivity contribution is 0.244. The molecular formula is C17H21BrN2O. The highest BCUT2D eigenvalue weighted by atomic mass is 79.9. The van der Waals surface area contributed by atoms with E-state index in [-0.39, 0.29) is 6.10 Å². The minimum atomic E-state index is 0.0985. The molecule has 2 aromatic rings. The molecule has 21 heavy (non-hydrogen) atoms. The summed E-state index contributed by atoms with van der Waals surface area (Å²) in [5.74, 6) is 0.713. The summed E-state index contributed by atoms with van der Waals surface area (Å²) >= 11 is 3.50. The van der Waals surface area contributed by atoms with Gasteiger partial charge in [-0.3, -0.25) is 0 Å². The molecular weight excluding hydrogens is 328 g/mol. The number of hydrogen-bond acceptors (Lipinski definition) is 3. The molecule has 0 saturated heterocycles. The molecule has 2 rings (SSSR count). The molecule has 3 nitrogen and oxygen atoms in total. The first kappa shape index (κ1) is 15.7. The molecule has 112 valence electrons. The summed E-state index contributed by atoms with van der Waals surface area (Å²) in [6.07, 6.45) is 1.05. The molecule has 0 aliphatic heterocycles. The Labute approximate surface area is 134 Å². The number of nitrogen functional groups attached to an aromatic ring is 1. The topological polar surface area (TPSA) is 47.3 Å². The van der Waals surface area contributed by atoms with Crippen molar-refractivity contribution >= 4 is 33.0 Å². The summed E-state index contributed by atoms with van der Waals surface area (Å²) in [5.41, 5.74) is 10.0. The summed E-state index contributed by atoms with van der Waals surface area (Å²) in [6, 6.07) is 12.0. The summed E-state index contributed by atoms with van der Waals surface area (Å²) in [6.45, 7) is 6.11. The highest BCUT2D eigenvalue weighted by Gasteiger charge is 2.09. The average Bonchev–Trinajstić information content (AvgIpc) is 2.44. The van der Waals surface area contributed by atoms with Gasteiger partial charge in [-0.2, -0.15) is 0 Å². The second-order valence-corrected chi connectivity index (χ2v) is 6.08. The molecule has 0 aromatic heterocycles. The number of benzene rings is 2. The Morgan fingerprint density at radius 2 is 1.95 bits per heavy atom. The lowest BCUT2D eigenvalue weighted by Crippen LogP contribution is -2.08. The van der Waals surface area contributed by atoms with Crippen LogP contribution < -0.4 is 15.8 Å². The van der Waals surface area contributed by atoms with E-state index in [0.29, 0.717) is 11.4 Å². The van der Waals surface area contributed by atoms with Gasteiger partial charge in [-0.15, -0.1) is 0 Å². The number of anilines is 3. The third-order valence-electron chi connectivity index (χ3n) is 3.15. The monoisotopic (exact) mass is 348 g/mol. The highest BCUT2D eigenvalue weighted by Crippen LogP contribution is 2.33. The van der Waals surface area contributed by atoms with Crippen molar-refractivity contribution in [3.05, 3.63) is 46.4 Å². The van der Waals surface area contributed by atoms with E-state index in [0.717, 1.165) is 22.3 Å². The average molecular weight is 349 g/mol. The van der Waals surface area contributed by atoms with Crippen LogP contribution in [0.2, 0.25) is 0 Å². The third-order valence-corrected chi connectivity index (χ3v) is 3.64. The van der Waals surface area contributed by atoms with Gasteiger partial charge in [0.25, 0.3) is 0 Å². The fourth-order valence-electron chi connectivity index (χ4n) is 2.13. The number of aryl methyl sites for hydroxylation is 1. The normalized spacial score (nSPS) is 10.7. The largest absolute Gasteiger partial charge is 0.489 e. The quantitative estimate of drug-likeness (QED) is 0.736. The van der Waals surface area contributed by atoms with Gasteiger partial charge in [0.05, 0.1) is 17.5 Å². The van der Waals surface area contributed by atoms with Gasteiger partial charge in [-0.05, 0) is 56.2 Å². The van der Waals surface area contributed by atoms with Crippen LogP contribution in [0.15, 0.2) is 40.9 Å². The lowest BCUT2D eigenvalue weighted by Gasteiger charge is -2.17. The Hall–Kier alpha value is -1.68. The fraction of sp³-hybridized carbons (Fsp3) is 0.294. The molecule has 0 atom stereocenters. The summed E-state index contributed by atoms with van der Waals surface area (Å²) in [5, 5.41) is 3.41. The zero-order chi connectivity index (χ0) is 15.4. The Bertz CT molecular complexity index is 626. The number of nitrogens with two attached hydrogens (primary N) is 1. The van der Waals surface area contributed by atoms with Crippen LogP contribution in [-0.4, -0.2) is 6.10 Å². The van der Waals surface area contributed by atoms with Crippen molar-refractivity contribution in [2.75, 3.05) is 11.1 Å². The minimum absolute atomic E-state index is 0.0985. The van der Waals surface area contributed by atoms with E-state index >= 15 is 0 Å². The molecule has 0 saturated carbocycles. The van der Waals surface area contributed by atoms with Crippen molar-refractivity contribution in [3.63, 3.8) is 0 Å². The maximum Gasteiger partial charge on any atom is 0.144 e. The molecule has 3 N–H and O–H groups in total. The second kappa shape index (κ2) is 6.85. The van der Waals surface area contributed by atoms with Gasteiger partial charge in [0, 0.05) is 10.2 Å². The number of rotatable bonds is 5. The zero-order valence-electron chi connectivity index (χ0n) is 12.6. The molecule has 0 unspecified atom stereocenters. The number of halogens is 1. The Balaban J connectivity index is 2.32. The maximum atomic E-state index is 6.20. The van der Waals surface area contributed by atoms with Crippen LogP contribution in [-0.2, 0) is 6.42 Å². The lowest BCUT2D eigenvalue weighted by atomic mass is 10.1. The Kier molecular flexibility index (Phi) is 5.12. The fourth-order valence-corrected chi connectivity index (χ4v) is 2.54. The zero-order valence-corrected chi connectivity index (χ0v) is 14.2. The Morgan fingerprint density at radius 3 is 2.62 bits per heavy atom. The SMILES string of the molecule is CCc1cc(Br)ccc1Nc1cccc(OC(C)C)c1N. The number of hydrogen-bond donors (Lipinski definition) is 2. The van der Waals surface area contributed by atoms with Gasteiger partial charge < -0.3 is 15.8 Å². The van der Waals surface area contributed by atoms with Gasteiger partial charge in [0.15, 0.2) is 0 Å². The van der Waals surface area contributed by atoms with E-state index in [1.54, 1.807) is 0 Å². The van der Waals surface area contributed by atoms with Crippen LogP contribution in [0.4, 0.5) is 17.1 Å². The summed E-state index contributed by atoms with van der Waals surface area (Å²) in [4.78, 5) is 0. The number of nitrogens with one attached hydrogen (secondary N) is 1. The van der Waals surface area contributed by atoms with E-state index in [1.807, 2.05) is 38.1 Å². The Morgan fingerprint density at radius 1 is 1.19 bits per heavy atom. The molecule has 0 bridgehead atoms. The summed E-state index contributed by atoms with van der Waals surface area (Å²) < 4.78 is 6.81. The van der Waals surface area contributed by atoms with E-state index < -0.39 is 0 Å². The first-order chi connectivity index (χ1) is 10.0. The van der Waals surface area contributed by atoms with E-state index in [9.17, 15) is 0 Å². The van der Waals surface area contributed by atoms with Crippen molar-refractivity contribution in [1.29, 1.82) is 0 Å². The number of para-hydroxylation sites is 1. The molecule has 0 amide bonds. The van der Waals surface area contributed by atoms with Crippen molar-refractivity contribution in [2.45, 2.75) is 33.3 Å². The van der Waals surface area contributed by atoms with E-state index in [2.05, 4.69) is 40.3 Å². The van der Waals surface area contributed by atoms with Crippen LogP contribution >= 0.6 is 15.9 Å². The van der Waals surface area contributed by atoms with Gasteiger partial charge in [0.2, 0.25) is 0 Å². The van der Waals surface area contributed by atoms with Crippen molar-refractivity contribution in [1.82, 2.24) is 0 Å². The minimum Gasteiger partial charge on any atom is -0.489 e. The van der Waals surface area contributed by atoms with Gasteiger partial charge in [-0.1, -0.05) is 28.9 Å². The molecule has 0 heterocycles. The molecule has 0 spiro atoms. The van der Waals surface area contributed by atoms with Gasteiger partial charge in [0.1, 0.15) is 5.75 Å². The second-order valence-electron chi connectivity index (χ2n) is 5.16. The molecule has 4 heteroatoms. The maximum absolute atomic E-state index is 6.20. The molecule has 0 aliphatic rings. The van der Waals surface area contributed by atoms with Gasteiger partial charge >= 0.3 is 0 Å². The van der Waals surface area contributed by atoms with Crippen LogP contribution in [0.5, 0.6) is 5.75 Å². The molecule has 2 aromatic carbocycles. The van der Waals surface area contributed by atoms with Crippen LogP contribution in [0.25, 0.3) is 0 Å². The predicted molar refractivity (Wildman–Crippen MR) is 93.4 cm³/mol. The highest BCUT2D eigenvalue weighted by molar-refractivity contribution is 9.10. The van der Waals surface area contributed by atoms with Crippen LogP contribution in [0, 0.1) is 0 Å². The molecule has 0 fully saturated rings. The van der Waals surface area contributed by atoms with E-state index in [4.69, 9.17) is 10.5 Å². The third kappa shape index (κ3) is 3.91. The van der Waals surface area contributed by atoms with E-state index in [1.165, 1.54) is 5.56 Å². The predicted octanol–water partition coefficient (Wildman–Crippen LogP) is 5.12. The molecule has 0 radical (unpaired) electrons. The molecule has 0 aliphatic carbocycles.